The number of rotatable bonds is 3. The van der Waals surface area contributed by atoms with Gasteiger partial charge in [0.1, 0.15) is 11.9 Å². The highest BCUT2D eigenvalue weighted by Gasteiger charge is 2.63. The molecular formula is C27H46O4Si. The molecule has 0 amide bonds. The number of Topliss-reactive ketones (excluding diaryl/α,β-unsaturated/α-hetero) is 1. The first kappa shape index (κ1) is 24.4. The predicted molar refractivity (Wildman–Crippen MR) is 130 cm³/mol. The van der Waals surface area contributed by atoms with Crippen LogP contribution in [0.5, 0.6) is 0 Å². The van der Waals surface area contributed by atoms with Crippen LogP contribution >= 0.6 is 0 Å². The maximum atomic E-state index is 13.0. The van der Waals surface area contributed by atoms with Crippen molar-refractivity contribution in [3.05, 3.63) is 0 Å². The molecule has 5 heteroatoms. The maximum absolute atomic E-state index is 13.0. The van der Waals surface area contributed by atoms with Crippen molar-refractivity contribution in [3.63, 3.8) is 0 Å². The Morgan fingerprint density at radius 3 is 2.34 bits per heavy atom. The zero-order chi connectivity index (χ0) is 23.7. The molecule has 4 aliphatic carbocycles. The van der Waals surface area contributed by atoms with Gasteiger partial charge in [-0.2, -0.15) is 0 Å². The summed E-state index contributed by atoms with van der Waals surface area (Å²) < 4.78 is 12.9. The molecule has 0 radical (unpaired) electrons. The first-order valence-corrected chi connectivity index (χ1v) is 16.0. The molecule has 182 valence electrons. The Labute approximate surface area is 196 Å². The van der Waals surface area contributed by atoms with Crippen LogP contribution in [-0.2, 0) is 18.8 Å². The van der Waals surface area contributed by atoms with Gasteiger partial charge in [0.15, 0.2) is 8.32 Å². The van der Waals surface area contributed by atoms with E-state index in [1.165, 1.54) is 6.92 Å². The summed E-state index contributed by atoms with van der Waals surface area (Å²) in [6, 6.07) is 0. The van der Waals surface area contributed by atoms with Gasteiger partial charge in [-0.15, -0.1) is 0 Å². The van der Waals surface area contributed by atoms with Gasteiger partial charge in [-0.05, 0) is 92.2 Å². The smallest absolute Gasteiger partial charge is 0.302 e. The van der Waals surface area contributed by atoms with Crippen LogP contribution in [0.4, 0.5) is 0 Å². The van der Waals surface area contributed by atoms with Gasteiger partial charge in [0.05, 0.1) is 0 Å². The van der Waals surface area contributed by atoms with Crippen LogP contribution in [0.25, 0.3) is 0 Å². The van der Waals surface area contributed by atoms with Gasteiger partial charge < -0.3 is 9.16 Å². The fourth-order valence-corrected chi connectivity index (χ4v) is 9.31. The van der Waals surface area contributed by atoms with Gasteiger partial charge in [0.2, 0.25) is 0 Å². The fraction of sp³-hybridized carbons (Fsp3) is 0.926. The van der Waals surface area contributed by atoms with E-state index in [9.17, 15) is 9.59 Å². The quantitative estimate of drug-likeness (QED) is 0.353. The zero-order valence-corrected chi connectivity index (χ0v) is 22.8. The molecule has 8 atom stereocenters. The minimum Gasteiger partial charge on any atom is -0.463 e. The van der Waals surface area contributed by atoms with E-state index in [0.717, 1.165) is 51.4 Å². The average Bonchev–Trinajstić information content (AvgIpc) is 2.96. The summed E-state index contributed by atoms with van der Waals surface area (Å²) in [5.41, 5.74) is 0.121. The highest BCUT2D eigenvalue weighted by atomic mass is 28.4. The molecule has 4 saturated carbocycles. The second kappa shape index (κ2) is 7.93. The number of carbonyl (C=O) groups excluding carboxylic acids is 2. The van der Waals surface area contributed by atoms with E-state index >= 15 is 0 Å². The summed E-state index contributed by atoms with van der Waals surface area (Å²) in [6.07, 6.45) is 8.40. The lowest BCUT2D eigenvalue weighted by Gasteiger charge is -2.63. The first-order valence-electron chi connectivity index (χ1n) is 13.1. The largest absolute Gasteiger partial charge is 0.463 e. The molecule has 0 bridgehead atoms. The number of ether oxygens (including phenoxy) is 1. The van der Waals surface area contributed by atoms with Crippen molar-refractivity contribution in [2.45, 2.75) is 123 Å². The van der Waals surface area contributed by atoms with E-state index in [1.807, 2.05) is 0 Å². The lowest BCUT2D eigenvalue weighted by atomic mass is 9.44. The summed E-state index contributed by atoms with van der Waals surface area (Å²) in [4.78, 5) is 24.6. The van der Waals surface area contributed by atoms with Crippen LogP contribution in [0.15, 0.2) is 0 Å². The average molecular weight is 463 g/mol. The van der Waals surface area contributed by atoms with E-state index in [2.05, 4.69) is 47.7 Å². The molecule has 0 spiro atoms. The third-order valence-corrected chi connectivity index (χ3v) is 15.4. The second-order valence-electron chi connectivity index (χ2n) is 13.6. The summed E-state index contributed by atoms with van der Waals surface area (Å²) >= 11 is 0. The van der Waals surface area contributed by atoms with E-state index in [0.29, 0.717) is 29.5 Å². The van der Waals surface area contributed by atoms with Gasteiger partial charge >= 0.3 is 5.97 Å². The maximum Gasteiger partial charge on any atom is 0.302 e. The number of fused-ring (bicyclic) bond motifs is 5. The Bertz CT molecular complexity index is 770. The number of ketones is 1. The Morgan fingerprint density at radius 2 is 1.72 bits per heavy atom. The molecule has 0 heterocycles. The van der Waals surface area contributed by atoms with Crippen LogP contribution in [0.1, 0.15) is 92.9 Å². The minimum atomic E-state index is -1.95. The Kier molecular flexibility index (Phi) is 6.06. The van der Waals surface area contributed by atoms with Crippen LogP contribution in [0, 0.1) is 34.5 Å². The normalized spacial score (nSPS) is 44.4. The monoisotopic (exact) mass is 462 g/mol. The molecule has 32 heavy (non-hydrogen) atoms. The van der Waals surface area contributed by atoms with Crippen molar-refractivity contribution >= 4 is 20.1 Å². The standard InChI is InChI=1S/C27H46O4Si/c1-17(28)30-19-11-13-26(5)18(15-19)16-22(31-32(7,8)25(2,3)4)24-20-9-10-23(29)27(20,6)14-12-21(24)26/h18-22,24H,9-16H2,1-8H3/t18-,19+,20+,21+,22?,24+,26+,27+/m1/s1. The molecule has 0 aliphatic heterocycles. The van der Waals surface area contributed by atoms with Gasteiger partial charge in [-0.3, -0.25) is 9.59 Å². The molecule has 4 nitrogen and oxygen atoms in total. The zero-order valence-electron chi connectivity index (χ0n) is 21.8. The highest BCUT2D eigenvalue weighted by molar-refractivity contribution is 6.74. The first-order chi connectivity index (χ1) is 14.7. The molecule has 0 N–H and O–H groups in total. The summed E-state index contributed by atoms with van der Waals surface area (Å²) in [6.45, 7) is 18.0. The lowest BCUT2D eigenvalue weighted by Crippen LogP contribution is -2.61. The van der Waals surface area contributed by atoms with Crippen molar-refractivity contribution in [3.8, 4) is 0 Å². The van der Waals surface area contributed by atoms with Crippen molar-refractivity contribution in [1.82, 2.24) is 0 Å². The third-order valence-electron chi connectivity index (χ3n) is 10.9. The lowest BCUT2D eigenvalue weighted by molar-refractivity contribution is -0.176. The molecule has 4 fully saturated rings. The Morgan fingerprint density at radius 1 is 1.03 bits per heavy atom. The predicted octanol–water partition coefficient (Wildman–Crippen LogP) is 6.53. The number of hydrogen-bond acceptors (Lipinski definition) is 4. The molecular weight excluding hydrogens is 416 g/mol. The van der Waals surface area contributed by atoms with Crippen LogP contribution < -0.4 is 0 Å². The Balaban J connectivity index is 1.69. The molecule has 0 aromatic heterocycles. The van der Waals surface area contributed by atoms with Gasteiger partial charge in [-0.1, -0.05) is 34.6 Å². The summed E-state index contributed by atoms with van der Waals surface area (Å²) in [5, 5.41) is 0.166. The topological polar surface area (TPSA) is 52.6 Å². The van der Waals surface area contributed by atoms with E-state index in [4.69, 9.17) is 9.16 Å². The van der Waals surface area contributed by atoms with E-state index in [-0.39, 0.29) is 34.0 Å². The van der Waals surface area contributed by atoms with Crippen LogP contribution in [0.2, 0.25) is 18.1 Å². The minimum absolute atomic E-state index is 0.0533. The number of esters is 1. The molecule has 0 aromatic carbocycles. The Hall–Kier alpha value is -0.683. The third kappa shape index (κ3) is 3.83. The number of carbonyl (C=O) groups is 2. The summed E-state index contributed by atoms with van der Waals surface area (Å²) in [7, 11) is -1.95. The SMILES string of the molecule is CC(=O)O[C@H]1CC[C@@]2(C)[C@@H](CC(O[Si](C)(C)C(C)(C)C)[C@@H]3[C@@H]2CC[C@]2(C)C(=O)CC[C@@H]32)C1. The van der Waals surface area contributed by atoms with Crippen molar-refractivity contribution in [2.24, 2.45) is 34.5 Å². The highest BCUT2D eigenvalue weighted by Crippen LogP contribution is 2.66. The van der Waals surface area contributed by atoms with E-state index in [1.54, 1.807) is 0 Å². The van der Waals surface area contributed by atoms with Crippen LogP contribution in [0.3, 0.4) is 0 Å². The number of hydrogen-bond donors (Lipinski definition) is 0. The van der Waals surface area contributed by atoms with Gasteiger partial charge in [0, 0.05) is 24.9 Å². The van der Waals surface area contributed by atoms with E-state index < -0.39 is 8.32 Å². The molecule has 0 aromatic rings. The second-order valence-corrected chi connectivity index (χ2v) is 18.3. The van der Waals surface area contributed by atoms with Gasteiger partial charge in [-0.25, -0.2) is 0 Å². The summed E-state index contributed by atoms with van der Waals surface area (Å²) in [5.74, 6) is 2.43. The molecule has 4 rings (SSSR count). The fourth-order valence-electron chi connectivity index (χ4n) is 7.95. The van der Waals surface area contributed by atoms with Crippen molar-refractivity contribution in [1.29, 1.82) is 0 Å². The van der Waals surface area contributed by atoms with Crippen molar-refractivity contribution < 1.29 is 18.8 Å². The molecule has 0 saturated heterocycles. The van der Waals surface area contributed by atoms with Crippen molar-refractivity contribution in [2.75, 3.05) is 0 Å². The molecule has 4 aliphatic rings. The molecule has 1 unspecified atom stereocenters. The van der Waals surface area contributed by atoms with Crippen LogP contribution in [-0.4, -0.2) is 32.3 Å². The van der Waals surface area contributed by atoms with Gasteiger partial charge in [0.25, 0.3) is 0 Å².